The van der Waals surface area contributed by atoms with Crippen molar-refractivity contribution >= 4 is 0 Å². The van der Waals surface area contributed by atoms with Gasteiger partial charge in [-0.05, 0) is 129 Å². The highest BCUT2D eigenvalue weighted by Gasteiger charge is 2.58. The third-order valence-corrected chi connectivity index (χ3v) is 12.1. The quantitative estimate of drug-likeness (QED) is 0.388. The zero-order valence-electron chi connectivity index (χ0n) is 21.7. The van der Waals surface area contributed by atoms with E-state index in [1.54, 1.807) is 0 Å². The summed E-state index contributed by atoms with van der Waals surface area (Å²) in [5, 5.41) is 0. The van der Waals surface area contributed by atoms with Gasteiger partial charge in [0.15, 0.2) is 0 Å². The minimum absolute atomic E-state index is 0.295. The van der Waals surface area contributed by atoms with Crippen molar-refractivity contribution in [3.8, 4) is 11.5 Å². The lowest BCUT2D eigenvalue weighted by Gasteiger charge is -2.57. The summed E-state index contributed by atoms with van der Waals surface area (Å²) in [5.74, 6) is 8.00. The smallest absolute Gasteiger partial charge is 0.123 e. The Bertz CT molecular complexity index is 1000. The molecule has 1 aromatic carbocycles. The molecule has 4 heteroatoms. The van der Waals surface area contributed by atoms with Crippen LogP contribution in [0.3, 0.4) is 0 Å². The molecule has 10 aliphatic rings. The maximum atomic E-state index is 6.77. The van der Waals surface area contributed by atoms with E-state index in [2.05, 4.69) is 12.1 Å². The van der Waals surface area contributed by atoms with Gasteiger partial charge in [0.25, 0.3) is 0 Å². The van der Waals surface area contributed by atoms with Crippen LogP contribution in [0.25, 0.3) is 0 Å². The fourth-order valence-electron chi connectivity index (χ4n) is 11.1. The lowest BCUT2D eigenvalue weighted by molar-refractivity contribution is -0.00660. The van der Waals surface area contributed by atoms with Crippen LogP contribution in [0.15, 0.2) is 12.1 Å². The van der Waals surface area contributed by atoms with E-state index in [1.165, 1.54) is 93.3 Å². The van der Waals surface area contributed by atoms with Crippen molar-refractivity contribution in [2.75, 3.05) is 26.4 Å². The molecule has 0 aromatic heterocycles. The van der Waals surface area contributed by atoms with Gasteiger partial charge < -0.3 is 18.9 Å². The number of hydrogen-bond donors (Lipinski definition) is 0. The SMILES string of the molecule is c1c(OCCC2CO2)c(C23CC4CC(C2)C(C4)C3)cc(OCC2CO2)c1C12CC3CC(CC(C3)C1)C2. The second-order valence-corrected chi connectivity index (χ2v) is 14.7. The molecule has 0 radical (unpaired) electrons. The zero-order chi connectivity index (χ0) is 23.5. The first-order valence-electron chi connectivity index (χ1n) is 15.3. The van der Waals surface area contributed by atoms with Crippen molar-refractivity contribution in [3.05, 3.63) is 23.3 Å². The minimum Gasteiger partial charge on any atom is -0.493 e. The summed E-state index contributed by atoms with van der Waals surface area (Å²) < 4.78 is 24.6. The van der Waals surface area contributed by atoms with Crippen LogP contribution in [0.5, 0.6) is 11.5 Å². The van der Waals surface area contributed by atoms with Crippen molar-refractivity contribution in [1.82, 2.24) is 0 Å². The van der Waals surface area contributed by atoms with Gasteiger partial charge in [0.05, 0.1) is 25.9 Å². The zero-order valence-corrected chi connectivity index (χ0v) is 21.7. The maximum Gasteiger partial charge on any atom is 0.123 e. The molecule has 8 saturated carbocycles. The van der Waals surface area contributed by atoms with Crippen molar-refractivity contribution in [2.45, 2.75) is 100 Å². The molecule has 8 aliphatic carbocycles. The maximum absolute atomic E-state index is 6.77. The van der Waals surface area contributed by atoms with Gasteiger partial charge in [-0.15, -0.1) is 0 Å². The number of hydrogen-bond acceptors (Lipinski definition) is 4. The summed E-state index contributed by atoms with van der Waals surface area (Å²) in [5.41, 5.74) is 3.61. The van der Waals surface area contributed by atoms with Crippen LogP contribution in [0.4, 0.5) is 0 Å². The van der Waals surface area contributed by atoms with Crippen LogP contribution in [0.1, 0.15) is 88.2 Å². The molecule has 4 atom stereocenters. The molecule has 2 saturated heterocycles. The van der Waals surface area contributed by atoms with Crippen molar-refractivity contribution in [3.63, 3.8) is 0 Å². The van der Waals surface area contributed by atoms with E-state index in [0.29, 0.717) is 29.6 Å². The fourth-order valence-corrected chi connectivity index (χ4v) is 11.1. The molecular formula is C32H42O4. The predicted octanol–water partition coefficient (Wildman–Crippen LogP) is 6.18. The summed E-state index contributed by atoms with van der Waals surface area (Å²) in [6.07, 6.45) is 17.3. The molecule has 1 aromatic rings. The average Bonchev–Trinajstić information content (AvgIpc) is 3.77. The third-order valence-electron chi connectivity index (χ3n) is 12.1. The Hall–Kier alpha value is -1.26. The average molecular weight is 491 g/mol. The largest absolute Gasteiger partial charge is 0.493 e. The summed E-state index contributed by atoms with van der Waals surface area (Å²) >= 11 is 0. The Morgan fingerprint density at radius 3 is 1.67 bits per heavy atom. The van der Waals surface area contributed by atoms with Gasteiger partial charge >= 0.3 is 0 Å². The third kappa shape index (κ3) is 3.45. The van der Waals surface area contributed by atoms with Crippen molar-refractivity contribution < 1.29 is 18.9 Å². The highest BCUT2D eigenvalue weighted by atomic mass is 16.6. The molecule has 10 fully saturated rings. The van der Waals surface area contributed by atoms with Crippen molar-refractivity contribution in [2.24, 2.45) is 35.5 Å². The van der Waals surface area contributed by atoms with Crippen LogP contribution in [-0.4, -0.2) is 38.6 Å². The lowest BCUT2D eigenvalue weighted by atomic mass is 9.48. The normalized spacial score (nSPS) is 48.6. The molecule has 2 aliphatic heterocycles. The summed E-state index contributed by atoms with van der Waals surface area (Å²) in [4.78, 5) is 0. The molecule has 2 heterocycles. The molecule has 194 valence electrons. The van der Waals surface area contributed by atoms with Crippen LogP contribution in [0.2, 0.25) is 0 Å². The van der Waals surface area contributed by atoms with Gasteiger partial charge in [-0.2, -0.15) is 0 Å². The summed E-state index contributed by atoms with van der Waals surface area (Å²) in [6, 6.07) is 5.05. The first-order chi connectivity index (χ1) is 17.6. The second kappa shape index (κ2) is 7.65. The van der Waals surface area contributed by atoms with Crippen molar-refractivity contribution in [1.29, 1.82) is 0 Å². The van der Waals surface area contributed by atoms with Gasteiger partial charge in [-0.1, -0.05) is 0 Å². The van der Waals surface area contributed by atoms with Gasteiger partial charge in [-0.3, -0.25) is 0 Å². The van der Waals surface area contributed by atoms with Crippen LogP contribution < -0.4 is 9.47 Å². The monoisotopic (exact) mass is 490 g/mol. The van der Waals surface area contributed by atoms with E-state index < -0.39 is 0 Å². The van der Waals surface area contributed by atoms with E-state index in [9.17, 15) is 0 Å². The molecular weight excluding hydrogens is 448 g/mol. The van der Waals surface area contributed by atoms with Crippen LogP contribution in [0, 0.1) is 35.5 Å². The van der Waals surface area contributed by atoms with Gasteiger partial charge in [0, 0.05) is 17.5 Å². The van der Waals surface area contributed by atoms with Crippen LogP contribution in [-0.2, 0) is 20.3 Å². The summed E-state index contributed by atoms with van der Waals surface area (Å²) in [7, 11) is 0. The highest BCUT2D eigenvalue weighted by Crippen LogP contribution is 2.67. The van der Waals surface area contributed by atoms with E-state index in [-0.39, 0.29) is 0 Å². The molecule has 4 unspecified atom stereocenters. The molecule has 8 bridgehead atoms. The molecule has 0 spiro atoms. The van der Waals surface area contributed by atoms with E-state index in [0.717, 1.165) is 61.7 Å². The number of epoxide rings is 2. The van der Waals surface area contributed by atoms with Gasteiger partial charge in [0.2, 0.25) is 0 Å². The lowest BCUT2D eigenvalue weighted by Crippen LogP contribution is -2.48. The number of rotatable bonds is 9. The topological polar surface area (TPSA) is 43.5 Å². The molecule has 11 rings (SSSR count). The predicted molar refractivity (Wildman–Crippen MR) is 137 cm³/mol. The van der Waals surface area contributed by atoms with Crippen LogP contribution >= 0.6 is 0 Å². The first kappa shape index (κ1) is 21.6. The van der Waals surface area contributed by atoms with Gasteiger partial charge in [0.1, 0.15) is 24.2 Å². The molecule has 4 nitrogen and oxygen atoms in total. The highest BCUT2D eigenvalue weighted by molar-refractivity contribution is 5.54. The Kier molecular flexibility index (Phi) is 4.60. The standard InChI is InChI=1S/C32H42O4/c1(25-16-34-25)2-33-29-8-28(31-10-19-3-20(11-31)5-21(4-19)12-31)30(36-18-26-17-35-26)9-27(29)32-13-22-6-23(14-32)24(7-22)15-32/h8-9,19-26H,1-7,10-18H2. The number of ether oxygens (including phenoxy) is 4. The van der Waals surface area contributed by atoms with E-state index in [4.69, 9.17) is 18.9 Å². The Morgan fingerprint density at radius 1 is 0.639 bits per heavy atom. The second-order valence-electron chi connectivity index (χ2n) is 14.7. The molecule has 0 amide bonds. The fraction of sp³-hybridized carbons (Fsp3) is 0.812. The van der Waals surface area contributed by atoms with Gasteiger partial charge in [-0.25, -0.2) is 0 Å². The Labute approximate surface area is 215 Å². The molecule has 0 N–H and O–H groups in total. The summed E-state index contributed by atoms with van der Waals surface area (Å²) in [6.45, 7) is 3.26. The first-order valence-corrected chi connectivity index (χ1v) is 15.3. The minimum atomic E-state index is 0.295. The Morgan fingerprint density at radius 2 is 1.14 bits per heavy atom. The van der Waals surface area contributed by atoms with E-state index in [1.807, 2.05) is 0 Å². The molecule has 36 heavy (non-hydrogen) atoms. The van der Waals surface area contributed by atoms with E-state index >= 15 is 0 Å². The number of benzene rings is 1. The Balaban J connectivity index is 1.14.